The van der Waals surface area contributed by atoms with Crippen molar-refractivity contribution in [2.75, 3.05) is 0 Å². The predicted octanol–water partition coefficient (Wildman–Crippen LogP) is 1.64. The third-order valence-corrected chi connectivity index (χ3v) is 1.68. The maximum absolute atomic E-state index is 10.7. The molecule has 0 aromatic heterocycles. The highest BCUT2D eigenvalue weighted by atomic mass is 35.6. The molecule has 0 amide bonds. The summed E-state index contributed by atoms with van der Waals surface area (Å²) in [5, 5.41) is 0. The second-order valence-corrected chi connectivity index (χ2v) is 4.46. The summed E-state index contributed by atoms with van der Waals surface area (Å²) in [6.07, 6.45) is -1.74. The average Bonchev–Trinajstić information content (AvgIpc) is 2.11. The molecule has 1 aliphatic heterocycles. The monoisotopic (exact) mass is 218 g/mol. The van der Waals surface area contributed by atoms with Crippen molar-refractivity contribution in [3.8, 4) is 0 Å². The standard InChI is InChI=1S/C5H5Cl3O3/c1-2-3(9)11-4(10-2)5(6,7)8/h2,4H,1H3/t2-,4-/m1/s1. The molecule has 0 aliphatic carbocycles. The zero-order chi connectivity index (χ0) is 8.65. The Morgan fingerprint density at radius 1 is 1.45 bits per heavy atom. The summed E-state index contributed by atoms with van der Waals surface area (Å²) in [7, 11) is 0. The van der Waals surface area contributed by atoms with Crippen LogP contribution in [0.15, 0.2) is 0 Å². The van der Waals surface area contributed by atoms with Crippen LogP contribution in [0.1, 0.15) is 6.92 Å². The Morgan fingerprint density at radius 2 is 2.00 bits per heavy atom. The van der Waals surface area contributed by atoms with Gasteiger partial charge in [-0.3, -0.25) is 0 Å². The van der Waals surface area contributed by atoms with E-state index in [-0.39, 0.29) is 0 Å². The van der Waals surface area contributed by atoms with E-state index in [0.29, 0.717) is 0 Å². The van der Waals surface area contributed by atoms with Crippen LogP contribution in [0.2, 0.25) is 0 Å². The van der Waals surface area contributed by atoms with Gasteiger partial charge in [0.15, 0.2) is 6.10 Å². The number of ether oxygens (including phenoxy) is 2. The minimum atomic E-state index is -1.71. The number of carbonyl (C=O) groups excluding carboxylic acids is 1. The summed E-state index contributed by atoms with van der Waals surface area (Å²) in [4.78, 5) is 10.7. The molecule has 0 aromatic carbocycles. The lowest BCUT2D eigenvalue weighted by Crippen LogP contribution is -2.26. The molecule has 1 aliphatic rings. The average molecular weight is 219 g/mol. The SMILES string of the molecule is C[C@H]1O[C@@H](C(Cl)(Cl)Cl)OC1=O. The molecule has 0 N–H and O–H groups in total. The highest BCUT2D eigenvalue weighted by Gasteiger charge is 2.44. The van der Waals surface area contributed by atoms with Gasteiger partial charge < -0.3 is 9.47 Å². The zero-order valence-electron chi connectivity index (χ0n) is 5.51. The van der Waals surface area contributed by atoms with E-state index in [1.807, 2.05) is 0 Å². The normalized spacial score (nSPS) is 32.2. The molecule has 0 radical (unpaired) electrons. The van der Waals surface area contributed by atoms with E-state index in [0.717, 1.165) is 0 Å². The highest BCUT2D eigenvalue weighted by molar-refractivity contribution is 6.68. The van der Waals surface area contributed by atoms with E-state index in [1.165, 1.54) is 6.92 Å². The van der Waals surface area contributed by atoms with Gasteiger partial charge in [-0.25, -0.2) is 4.79 Å². The maximum Gasteiger partial charge on any atom is 0.337 e. The second-order valence-electron chi connectivity index (χ2n) is 2.09. The Bertz CT molecular complexity index is 176. The molecule has 0 aromatic rings. The molecule has 3 nitrogen and oxygen atoms in total. The van der Waals surface area contributed by atoms with Gasteiger partial charge in [0.05, 0.1) is 0 Å². The fourth-order valence-corrected chi connectivity index (χ4v) is 0.902. The Balaban J connectivity index is 2.61. The lowest BCUT2D eigenvalue weighted by atomic mass is 10.4. The number of halogens is 3. The Hall–Kier alpha value is 0.300. The molecule has 0 spiro atoms. The van der Waals surface area contributed by atoms with E-state index in [4.69, 9.17) is 39.5 Å². The van der Waals surface area contributed by atoms with Gasteiger partial charge in [-0.2, -0.15) is 0 Å². The minimum absolute atomic E-state index is 0.513. The first-order valence-corrected chi connectivity index (χ1v) is 3.97. The van der Waals surface area contributed by atoms with Gasteiger partial charge in [0.2, 0.25) is 0 Å². The van der Waals surface area contributed by atoms with Crippen molar-refractivity contribution in [3.05, 3.63) is 0 Å². The van der Waals surface area contributed by atoms with Gasteiger partial charge in [-0.05, 0) is 6.92 Å². The van der Waals surface area contributed by atoms with Crippen LogP contribution in [0.25, 0.3) is 0 Å². The minimum Gasteiger partial charge on any atom is -0.429 e. The number of carbonyl (C=O) groups is 1. The zero-order valence-corrected chi connectivity index (χ0v) is 7.78. The summed E-state index contributed by atoms with van der Waals surface area (Å²) in [6.45, 7) is 1.53. The first kappa shape index (κ1) is 9.39. The topological polar surface area (TPSA) is 35.5 Å². The van der Waals surface area contributed by atoms with Crippen molar-refractivity contribution in [1.82, 2.24) is 0 Å². The van der Waals surface area contributed by atoms with Gasteiger partial charge in [-0.1, -0.05) is 34.8 Å². The smallest absolute Gasteiger partial charge is 0.337 e. The first-order valence-electron chi connectivity index (χ1n) is 2.84. The van der Waals surface area contributed by atoms with E-state index < -0.39 is 22.2 Å². The molecule has 1 heterocycles. The third kappa shape index (κ3) is 2.12. The van der Waals surface area contributed by atoms with Crippen LogP contribution < -0.4 is 0 Å². The Labute approximate surface area is 78.5 Å². The van der Waals surface area contributed by atoms with Crippen molar-refractivity contribution in [1.29, 1.82) is 0 Å². The van der Waals surface area contributed by atoms with Gasteiger partial charge in [0, 0.05) is 0 Å². The fraction of sp³-hybridized carbons (Fsp3) is 0.800. The Morgan fingerprint density at radius 3 is 2.18 bits per heavy atom. The summed E-state index contributed by atoms with van der Waals surface area (Å²) in [5.41, 5.74) is 0. The van der Waals surface area contributed by atoms with Crippen LogP contribution in [-0.4, -0.2) is 22.2 Å². The number of hydrogen-bond donors (Lipinski definition) is 0. The third-order valence-electron chi connectivity index (χ3n) is 1.15. The van der Waals surface area contributed by atoms with Crippen molar-refractivity contribution in [2.24, 2.45) is 0 Å². The van der Waals surface area contributed by atoms with Crippen molar-refractivity contribution in [2.45, 2.75) is 23.1 Å². The molecule has 0 unspecified atom stereocenters. The molecule has 1 saturated heterocycles. The number of hydrogen-bond acceptors (Lipinski definition) is 3. The van der Waals surface area contributed by atoms with Gasteiger partial charge >= 0.3 is 5.97 Å². The van der Waals surface area contributed by atoms with E-state index in [9.17, 15) is 4.79 Å². The van der Waals surface area contributed by atoms with Crippen LogP contribution >= 0.6 is 34.8 Å². The van der Waals surface area contributed by atoms with Gasteiger partial charge in [-0.15, -0.1) is 0 Å². The molecule has 0 bridgehead atoms. The molecular weight excluding hydrogens is 214 g/mol. The van der Waals surface area contributed by atoms with Crippen LogP contribution in [0.3, 0.4) is 0 Å². The van der Waals surface area contributed by atoms with Crippen LogP contribution in [-0.2, 0) is 14.3 Å². The Kier molecular flexibility index (Phi) is 2.54. The molecule has 1 fully saturated rings. The van der Waals surface area contributed by atoms with Crippen molar-refractivity contribution in [3.63, 3.8) is 0 Å². The molecule has 6 heteroatoms. The summed E-state index contributed by atoms with van der Waals surface area (Å²) in [5.74, 6) is -0.513. The second kappa shape index (κ2) is 2.98. The summed E-state index contributed by atoms with van der Waals surface area (Å²) in [6, 6.07) is 0. The number of esters is 1. The van der Waals surface area contributed by atoms with E-state index >= 15 is 0 Å². The fourth-order valence-electron chi connectivity index (χ4n) is 0.614. The molecule has 0 saturated carbocycles. The molecule has 1 rings (SSSR count). The van der Waals surface area contributed by atoms with Crippen LogP contribution in [0, 0.1) is 0 Å². The number of alkyl halides is 3. The maximum atomic E-state index is 10.7. The van der Waals surface area contributed by atoms with E-state index in [2.05, 4.69) is 4.74 Å². The lowest BCUT2D eigenvalue weighted by Gasteiger charge is -2.16. The van der Waals surface area contributed by atoms with Gasteiger partial charge in [0.1, 0.15) is 0 Å². The highest BCUT2D eigenvalue weighted by Crippen LogP contribution is 2.36. The first-order chi connectivity index (χ1) is 4.91. The van der Waals surface area contributed by atoms with Crippen LogP contribution in [0.4, 0.5) is 0 Å². The van der Waals surface area contributed by atoms with Crippen molar-refractivity contribution < 1.29 is 14.3 Å². The predicted molar refractivity (Wildman–Crippen MR) is 40.7 cm³/mol. The van der Waals surface area contributed by atoms with Gasteiger partial charge in [0.25, 0.3) is 10.1 Å². The van der Waals surface area contributed by atoms with E-state index in [1.54, 1.807) is 0 Å². The number of rotatable bonds is 0. The quantitative estimate of drug-likeness (QED) is 0.459. The summed E-state index contributed by atoms with van der Waals surface area (Å²) < 4.78 is 7.74. The molecular formula is C5H5Cl3O3. The number of cyclic esters (lactones) is 1. The molecule has 11 heavy (non-hydrogen) atoms. The van der Waals surface area contributed by atoms with Crippen LogP contribution in [0.5, 0.6) is 0 Å². The molecule has 64 valence electrons. The summed E-state index contributed by atoms with van der Waals surface area (Å²) >= 11 is 16.2. The molecule has 2 atom stereocenters. The van der Waals surface area contributed by atoms with Crippen molar-refractivity contribution >= 4 is 40.8 Å². The lowest BCUT2D eigenvalue weighted by molar-refractivity contribution is -0.143. The largest absolute Gasteiger partial charge is 0.429 e.